The predicted octanol–water partition coefficient (Wildman–Crippen LogP) is 4.90. The molecule has 0 unspecified atom stereocenters. The van der Waals surface area contributed by atoms with E-state index in [9.17, 15) is 9.59 Å². The minimum atomic E-state index is -0.825. The van der Waals surface area contributed by atoms with E-state index in [4.69, 9.17) is 18.9 Å². The van der Waals surface area contributed by atoms with Crippen LogP contribution >= 0.6 is 0 Å². The van der Waals surface area contributed by atoms with Crippen LogP contribution in [0.3, 0.4) is 0 Å². The first-order valence-electron chi connectivity index (χ1n) is 11.8. The predicted molar refractivity (Wildman–Crippen MR) is 128 cm³/mol. The van der Waals surface area contributed by atoms with Gasteiger partial charge < -0.3 is 24.3 Å². The van der Waals surface area contributed by atoms with Crippen molar-refractivity contribution in [1.82, 2.24) is 5.32 Å². The molecule has 0 bridgehead atoms. The molecular formula is C27H33NO6. The van der Waals surface area contributed by atoms with Gasteiger partial charge in [0.05, 0.1) is 20.1 Å². The SMILES string of the molecule is COc1ccc(-c2ccc3c(c2)CNC3=O)c(OCC(C)(C)OC(=O)C2CCCCC2)c1OC. The second-order valence-electron chi connectivity index (χ2n) is 9.54. The Kier molecular flexibility index (Phi) is 7.00. The number of esters is 1. The van der Waals surface area contributed by atoms with Gasteiger partial charge in [-0.1, -0.05) is 25.3 Å². The fourth-order valence-electron chi connectivity index (χ4n) is 4.64. The van der Waals surface area contributed by atoms with Gasteiger partial charge in [0.25, 0.3) is 5.91 Å². The fourth-order valence-corrected chi connectivity index (χ4v) is 4.64. The highest BCUT2D eigenvalue weighted by atomic mass is 16.6. The van der Waals surface area contributed by atoms with Crippen LogP contribution in [-0.4, -0.2) is 38.3 Å². The number of benzene rings is 2. The number of carbonyl (C=O) groups excluding carboxylic acids is 2. The molecule has 1 heterocycles. The minimum absolute atomic E-state index is 0.0299. The number of ether oxygens (including phenoxy) is 4. The smallest absolute Gasteiger partial charge is 0.309 e. The molecule has 2 aliphatic rings. The quantitative estimate of drug-likeness (QED) is 0.557. The summed E-state index contributed by atoms with van der Waals surface area (Å²) in [7, 11) is 3.14. The molecular weight excluding hydrogens is 434 g/mol. The number of fused-ring (bicyclic) bond motifs is 1. The molecule has 0 radical (unpaired) electrons. The van der Waals surface area contributed by atoms with E-state index in [1.807, 2.05) is 44.2 Å². The summed E-state index contributed by atoms with van der Waals surface area (Å²) in [6, 6.07) is 9.43. The lowest BCUT2D eigenvalue weighted by Gasteiger charge is -2.29. The second-order valence-corrected chi connectivity index (χ2v) is 9.54. The van der Waals surface area contributed by atoms with E-state index >= 15 is 0 Å². The van der Waals surface area contributed by atoms with Crippen molar-refractivity contribution in [3.63, 3.8) is 0 Å². The van der Waals surface area contributed by atoms with Gasteiger partial charge in [0, 0.05) is 17.7 Å². The minimum Gasteiger partial charge on any atom is -0.493 e. The van der Waals surface area contributed by atoms with Crippen LogP contribution in [0.15, 0.2) is 30.3 Å². The van der Waals surface area contributed by atoms with Crippen molar-refractivity contribution >= 4 is 11.9 Å². The molecule has 7 nitrogen and oxygen atoms in total. The van der Waals surface area contributed by atoms with E-state index in [1.165, 1.54) is 6.42 Å². The summed E-state index contributed by atoms with van der Waals surface area (Å²) >= 11 is 0. The first-order valence-corrected chi connectivity index (χ1v) is 11.8. The van der Waals surface area contributed by atoms with Gasteiger partial charge in [0.1, 0.15) is 12.2 Å². The van der Waals surface area contributed by atoms with Crippen LogP contribution in [0, 0.1) is 5.92 Å². The molecule has 4 rings (SSSR count). The van der Waals surface area contributed by atoms with Gasteiger partial charge in [0.15, 0.2) is 11.5 Å². The Morgan fingerprint density at radius 2 is 1.74 bits per heavy atom. The Hall–Kier alpha value is -3.22. The van der Waals surface area contributed by atoms with Gasteiger partial charge in [-0.3, -0.25) is 9.59 Å². The highest BCUT2D eigenvalue weighted by molar-refractivity contribution is 5.99. The average molecular weight is 468 g/mol. The number of hydrogen-bond donors (Lipinski definition) is 1. The third-order valence-corrected chi connectivity index (χ3v) is 6.48. The molecule has 1 aliphatic heterocycles. The molecule has 0 saturated heterocycles. The molecule has 7 heteroatoms. The van der Waals surface area contributed by atoms with E-state index < -0.39 is 5.60 Å². The average Bonchev–Trinajstić information content (AvgIpc) is 3.22. The second kappa shape index (κ2) is 9.95. The first-order chi connectivity index (χ1) is 16.3. The van der Waals surface area contributed by atoms with Crippen LogP contribution in [0.4, 0.5) is 0 Å². The molecule has 1 aliphatic carbocycles. The van der Waals surface area contributed by atoms with E-state index in [0.29, 0.717) is 29.4 Å². The number of amides is 1. The van der Waals surface area contributed by atoms with E-state index in [0.717, 1.165) is 42.4 Å². The standard InChI is InChI=1S/C27H33NO6/c1-27(2,34-26(30)17-8-6-5-7-9-17)16-33-23-20(12-13-22(31-3)24(23)32-4)18-10-11-21-19(14-18)15-28-25(21)29/h10-14,17H,5-9,15-16H2,1-4H3,(H,28,29). The van der Waals surface area contributed by atoms with Crippen molar-refractivity contribution in [2.24, 2.45) is 5.92 Å². The third-order valence-electron chi connectivity index (χ3n) is 6.48. The van der Waals surface area contributed by atoms with E-state index in [-0.39, 0.29) is 24.4 Å². The van der Waals surface area contributed by atoms with Gasteiger partial charge in [-0.05, 0) is 62.1 Å². The Morgan fingerprint density at radius 1 is 1.00 bits per heavy atom. The monoisotopic (exact) mass is 467 g/mol. The summed E-state index contributed by atoms with van der Waals surface area (Å²) in [4.78, 5) is 24.7. The van der Waals surface area contributed by atoms with Crippen molar-refractivity contribution < 1.29 is 28.5 Å². The summed E-state index contributed by atoms with van der Waals surface area (Å²) in [5.74, 6) is 1.26. The number of rotatable bonds is 8. The van der Waals surface area contributed by atoms with E-state index in [1.54, 1.807) is 14.2 Å². The topological polar surface area (TPSA) is 83.1 Å². The van der Waals surface area contributed by atoms with Crippen LogP contribution < -0.4 is 19.5 Å². The fraction of sp³-hybridized carbons (Fsp3) is 0.481. The number of hydrogen-bond acceptors (Lipinski definition) is 6. The summed E-state index contributed by atoms with van der Waals surface area (Å²) in [5, 5.41) is 2.85. The summed E-state index contributed by atoms with van der Waals surface area (Å²) in [6.07, 6.45) is 5.10. The maximum absolute atomic E-state index is 12.7. The normalized spacial score (nSPS) is 15.9. The van der Waals surface area contributed by atoms with Crippen LogP contribution in [0.25, 0.3) is 11.1 Å². The molecule has 2 aromatic carbocycles. The molecule has 1 saturated carbocycles. The molecule has 1 fully saturated rings. The Bertz CT molecular complexity index is 1070. The molecule has 0 spiro atoms. The van der Waals surface area contributed by atoms with Crippen LogP contribution in [0.1, 0.15) is 61.9 Å². The number of carbonyl (C=O) groups is 2. The zero-order chi connectivity index (χ0) is 24.3. The van der Waals surface area contributed by atoms with Gasteiger partial charge in [-0.2, -0.15) is 0 Å². The lowest BCUT2D eigenvalue weighted by Crippen LogP contribution is -2.37. The molecule has 1 N–H and O–H groups in total. The highest BCUT2D eigenvalue weighted by Gasteiger charge is 2.31. The summed E-state index contributed by atoms with van der Waals surface area (Å²) in [5.41, 5.74) is 2.48. The van der Waals surface area contributed by atoms with Crippen molar-refractivity contribution in [1.29, 1.82) is 0 Å². The van der Waals surface area contributed by atoms with Crippen LogP contribution in [-0.2, 0) is 16.1 Å². The molecule has 182 valence electrons. The molecule has 0 aromatic heterocycles. The largest absolute Gasteiger partial charge is 0.493 e. The Balaban J connectivity index is 1.60. The molecule has 1 amide bonds. The third kappa shape index (κ3) is 4.98. The summed E-state index contributed by atoms with van der Waals surface area (Å²) in [6.45, 7) is 4.35. The zero-order valence-electron chi connectivity index (χ0n) is 20.4. The lowest BCUT2D eigenvalue weighted by atomic mass is 9.89. The molecule has 2 aromatic rings. The van der Waals surface area contributed by atoms with Gasteiger partial charge >= 0.3 is 5.97 Å². The van der Waals surface area contributed by atoms with Gasteiger partial charge in [-0.15, -0.1) is 0 Å². The molecule has 0 atom stereocenters. The van der Waals surface area contributed by atoms with Crippen molar-refractivity contribution in [2.75, 3.05) is 20.8 Å². The van der Waals surface area contributed by atoms with E-state index in [2.05, 4.69) is 5.32 Å². The zero-order valence-corrected chi connectivity index (χ0v) is 20.4. The highest BCUT2D eigenvalue weighted by Crippen LogP contribution is 2.45. The Labute approximate surface area is 200 Å². The van der Waals surface area contributed by atoms with Gasteiger partial charge in [-0.25, -0.2) is 0 Å². The maximum atomic E-state index is 12.7. The van der Waals surface area contributed by atoms with Crippen molar-refractivity contribution in [3.05, 3.63) is 41.5 Å². The summed E-state index contributed by atoms with van der Waals surface area (Å²) < 4.78 is 23.3. The number of nitrogens with one attached hydrogen (secondary N) is 1. The lowest BCUT2D eigenvalue weighted by molar-refractivity contribution is -0.165. The number of methoxy groups -OCH3 is 2. The van der Waals surface area contributed by atoms with Crippen molar-refractivity contribution in [2.45, 2.75) is 58.1 Å². The Morgan fingerprint density at radius 3 is 2.44 bits per heavy atom. The van der Waals surface area contributed by atoms with Crippen LogP contribution in [0.2, 0.25) is 0 Å². The maximum Gasteiger partial charge on any atom is 0.309 e. The first kappa shape index (κ1) is 23.9. The van der Waals surface area contributed by atoms with Crippen LogP contribution in [0.5, 0.6) is 17.2 Å². The van der Waals surface area contributed by atoms with Crippen molar-refractivity contribution in [3.8, 4) is 28.4 Å². The van der Waals surface area contributed by atoms with Gasteiger partial charge in [0.2, 0.25) is 5.75 Å². The molecule has 34 heavy (non-hydrogen) atoms.